The Morgan fingerprint density at radius 3 is 2.31 bits per heavy atom. The molecule has 3 heterocycles. The van der Waals surface area contributed by atoms with Crippen LogP contribution in [0.2, 0.25) is 0 Å². The Morgan fingerprint density at radius 1 is 1.11 bits per heavy atom. The Balaban J connectivity index is 0.000000375. The summed E-state index contributed by atoms with van der Waals surface area (Å²) in [5.74, 6) is 2.86. The van der Waals surface area contributed by atoms with Crippen molar-refractivity contribution in [2.45, 2.75) is 92.0 Å². The second kappa shape index (κ2) is 10.6. The zero-order valence-corrected chi connectivity index (χ0v) is 22.6. The van der Waals surface area contributed by atoms with E-state index >= 15 is 0 Å². The normalized spacial score (nSPS) is 17.8. The van der Waals surface area contributed by atoms with E-state index in [1.54, 1.807) is 0 Å². The number of rotatable bonds is 5. The van der Waals surface area contributed by atoms with E-state index in [9.17, 15) is 4.79 Å². The van der Waals surface area contributed by atoms with Crippen molar-refractivity contribution >= 4 is 22.6 Å². The second-order valence-electron chi connectivity index (χ2n) is 11.6. The average Bonchev–Trinajstić information content (AvgIpc) is 3.35. The summed E-state index contributed by atoms with van der Waals surface area (Å²) in [5, 5.41) is 7.27. The molecule has 2 saturated carbocycles. The molecule has 2 N–H and O–H groups in total. The number of aryl methyl sites for hydroxylation is 1. The highest BCUT2D eigenvalue weighted by molar-refractivity contribution is 5.87. The number of anilines is 1. The van der Waals surface area contributed by atoms with Gasteiger partial charge < -0.3 is 9.88 Å². The van der Waals surface area contributed by atoms with Crippen molar-refractivity contribution in [2.24, 2.45) is 24.3 Å². The third kappa shape index (κ3) is 5.71. The molecule has 0 saturated heterocycles. The molecular weight excluding hydrogens is 454 g/mol. The molecule has 0 radical (unpaired) electrons. The summed E-state index contributed by atoms with van der Waals surface area (Å²) < 4.78 is 6.61. The number of H-pyrrole nitrogens is 1. The van der Waals surface area contributed by atoms with Gasteiger partial charge in [0.2, 0.25) is 11.6 Å². The van der Waals surface area contributed by atoms with Crippen molar-refractivity contribution in [1.82, 2.24) is 29.7 Å². The third-order valence-electron chi connectivity index (χ3n) is 7.67. The molecule has 0 aliphatic heterocycles. The number of nitrogens with zero attached hydrogens (tertiary/aromatic N) is 5. The van der Waals surface area contributed by atoms with Crippen LogP contribution in [-0.4, -0.2) is 35.7 Å². The van der Waals surface area contributed by atoms with Gasteiger partial charge in [0, 0.05) is 13.1 Å². The van der Waals surface area contributed by atoms with Crippen molar-refractivity contribution in [3.63, 3.8) is 0 Å². The van der Waals surface area contributed by atoms with E-state index in [0.29, 0.717) is 17.4 Å². The van der Waals surface area contributed by atoms with Crippen molar-refractivity contribution in [2.75, 3.05) is 5.32 Å². The number of hydrogen-bond acceptors (Lipinski definition) is 7. The van der Waals surface area contributed by atoms with Gasteiger partial charge in [-0.05, 0) is 42.6 Å². The summed E-state index contributed by atoms with van der Waals surface area (Å²) in [4.78, 5) is 27.8. The lowest BCUT2D eigenvalue weighted by Gasteiger charge is -2.32. The van der Waals surface area contributed by atoms with E-state index in [-0.39, 0.29) is 23.1 Å². The number of allylic oxidation sites excluding steroid dienone is 1. The Labute approximate surface area is 213 Å². The van der Waals surface area contributed by atoms with E-state index < -0.39 is 5.76 Å². The van der Waals surface area contributed by atoms with Crippen molar-refractivity contribution in [3.8, 4) is 11.6 Å². The van der Waals surface area contributed by atoms with Gasteiger partial charge in [0.05, 0.1) is 0 Å². The molecule has 1 atom stereocenters. The number of aromatic nitrogens is 6. The first-order valence-corrected chi connectivity index (χ1v) is 13.3. The number of hydrogen-bond donors (Lipinski definition) is 2. The fourth-order valence-corrected chi connectivity index (χ4v) is 4.83. The van der Waals surface area contributed by atoms with E-state index in [1.165, 1.54) is 51.4 Å². The molecular formula is C27H41N7O2. The number of imidazole rings is 1. The van der Waals surface area contributed by atoms with Gasteiger partial charge in [0.1, 0.15) is 11.3 Å². The maximum absolute atomic E-state index is 11.4. The summed E-state index contributed by atoms with van der Waals surface area (Å²) in [6, 6.07) is 0.259. The second-order valence-corrected chi connectivity index (χ2v) is 11.6. The predicted molar refractivity (Wildman–Crippen MR) is 144 cm³/mol. The third-order valence-corrected chi connectivity index (χ3v) is 7.67. The molecule has 5 rings (SSSR count). The largest absolute Gasteiger partial charge is 0.439 e. The Hall–Kier alpha value is -2.97. The molecule has 196 valence electrons. The molecule has 2 fully saturated rings. The molecule has 36 heavy (non-hydrogen) atoms. The fourth-order valence-electron chi connectivity index (χ4n) is 4.83. The molecule has 2 aliphatic carbocycles. The smallest absolute Gasteiger partial charge is 0.365 e. The zero-order valence-electron chi connectivity index (χ0n) is 22.6. The van der Waals surface area contributed by atoms with Crippen molar-refractivity contribution < 1.29 is 4.52 Å². The molecule has 9 heteroatoms. The summed E-state index contributed by atoms with van der Waals surface area (Å²) in [5.41, 5.74) is 2.08. The lowest BCUT2D eigenvalue weighted by atomic mass is 9.80. The molecule has 0 spiro atoms. The molecule has 0 bridgehead atoms. The Bertz CT molecular complexity index is 1250. The number of fused-ring (bicyclic) bond motifs is 1. The van der Waals surface area contributed by atoms with Crippen LogP contribution in [0.4, 0.5) is 5.82 Å². The summed E-state index contributed by atoms with van der Waals surface area (Å²) in [6.07, 6.45) is 11.1. The topological polar surface area (TPSA) is 115 Å². The monoisotopic (exact) mass is 495 g/mol. The van der Waals surface area contributed by atoms with Crippen LogP contribution in [0.3, 0.4) is 0 Å². The molecule has 0 amide bonds. The highest BCUT2D eigenvalue weighted by Crippen LogP contribution is 2.36. The van der Waals surface area contributed by atoms with Gasteiger partial charge in [0.25, 0.3) is 0 Å². The van der Waals surface area contributed by atoms with Gasteiger partial charge in [-0.25, -0.2) is 19.7 Å². The van der Waals surface area contributed by atoms with E-state index in [4.69, 9.17) is 4.98 Å². The van der Waals surface area contributed by atoms with Crippen molar-refractivity contribution in [1.29, 1.82) is 0 Å². The Kier molecular flexibility index (Phi) is 7.66. The molecule has 0 aromatic carbocycles. The SMILES string of the molecule is C=C(c1nc2nc(-c3noc(=O)[nH]3)nc(NC(C)C3CCC3)c2n1C)C(C)(C)C.CC1CCCCC1. The standard InChI is InChI=1S/C20H27N7O2.C7H14/c1-10(20(3,4)5)18-24-15-13(27(18)6)14(21-11(2)12-8-7-9-12)22-16(23-15)17-25-19(28)29-26-17;1-7-5-3-2-4-6-7/h11-12H,1,7-9H2,2-6H3,(H,21,22,23)(H,25,26,28);7H,2-6H2,1H3. The van der Waals surface area contributed by atoms with Gasteiger partial charge in [-0.1, -0.05) is 78.0 Å². The first kappa shape index (κ1) is 26.1. The maximum Gasteiger partial charge on any atom is 0.439 e. The van der Waals surface area contributed by atoms with Gasteiger partial charge in [-0.2, -0.15) is 0 Å². The van der Waals surface area contributed by atoms with E-state index in [2.05, 4.69) is 71.1 Å². The van der Waals surface area contributed by atoms with Gasteiger partial charge >= 0.3 is 5.76 Å². The summed E-state index contributed by atoms with van der Waals surface area (Å²) in [7, 11) is 1.95. The molecule has 9 nitrogen and oxygen atoms in total. The van der Waals surface area contributed by atoms with Crippen LogP contribution in [0.1, 0.15) is 91.8 Å². The predicted octanol–water partition coefficient (Wildman–Crippen LogP) is 5.95. The fraction of sp³-hybridized carbons (Fsp3) is 0.667. The van der Waals surface area contributed by atoms with Crippen LogP contribution in [0.15, 0.2) is 15.9 Å². The average molecular weight is 496 g/mol. The zero-order chi connectivity index (χ0) is 26.0. The number of nitrogens with one attached hydrogen (secondary N) is 2. The highest BCUT2D eigenvalue weighted by Gasteiger charge is 2.28. The van der Waals surface area contributed by atoms with Crippen LogP contribution < -0.4 is 11.1 Å². The van der Waals surface area contributed by atoms with Gasteiger partial charge in [-0.15, -0.1) is 0 Å². The first-order chi connectivity index (χ1) is 17.0. The number of aromatic amines is 1. The van der Waals surface area contributed by atoms with Crippen LogP contribution in [0.25, 0.3) is 28.4 Å². The minimum Gasteiger partial charge on any atom is -0.365 e. The lowest BCUT2D eigenvalue weighted by Crippen LogP contribution is -2.31. The van der Waals surface area contributed by atoms with E-state index in [1.807, 2.05) is 11.6 Å². The first-order valence-electron chi connectivity index (χ1n) is 13.3. The minimum atomic E-state index is -0.649. The van der Waals surface area contributed by atoms with Crippen LogP contribution in [0, 0.1) is 17.3 Å². The lowest BCUT2D eigenvalue weighted by molar-refractivity contribution is 0.285. The molecule has 3 aromatic heterocycles. The van der Waals surface area contributed by atoms with Crippen molar-refractivity contribution in [3.05, 3.63) is 23.0 Å². The molecule has 3 aromatic rings. The van der Waals surface area contributed by atoms with Crippen LogP contribution in [0.5, 0.6) is 0 Å². The molecule has 2 aliphatic rings. The molecule has 1 unspecified atom stereocenters. The van der Waals surface area contributed by atoms with Gasteiger partial charge in [0.15, 0.2) is 11.5 Å². The minimum absolute atomic E-state index is 0.143. The van der Waals surface area contributed by atoms with Gasteiger partial charge in [-0.3, -0.25) is 9.51 Å². The van der Waals surface area contributed by atoms with E-state index in [0.717, 1.165) is 22.8 Å². The quantitative estimate of drug-likeness (QED) is 0.449. The summed E-state index contributed by atoms with van der Waals surface area (Å²) >= 11 is 0. The Morgan fingerprint density at radius 2 is 1.81 bits per heavy atom. The summed E-state index contributed by atoms with van der Waals surface area (Å²) in [6.45, 7) is 15.1. The van der Waals surface area contributed by atoms with Crippen LogP contribution in [-0.2, 0) is 7.05 Å². The highest BCUT2D eigenvalue weighted by atomic mass is 16.5. The van der Waals surface area contributed by atoms with Crippen LogP contribution >= 0.6 is 0 Å². The maximum atomic E-state index is 11.4.